The van der Waals surface area contributed by atoms with Crippen molar-refractivity contribution in [1.29, 1.82) is 0 Å². The molecule has 1 rings (SSSR count). The summed E-state index contributed by atoms with van der Waals surface area (Å²) in [6.45, 7) is 10.9. The minimum Gasteiger partial charge on any atom is -0.490 e. The van der Waals surface area contributed by atoms with Crippen LogP contribution in [0.15, 0.2) is 24.3 Å². The molecular formula is C17H25NO3. The summed E-state index contributed by atoms with van der Waals surface area (Å²) < 4.78 is 11.1. The lowest BCUT2D eigenvalue weighted by molar-refractivity contribution is -0.117. The first-order chi connectivity index (χ1) is 9.85. The lowest BCUT2D eigenvalue weighted by atomic mass is 10.1. The van der Waals surface area contributed by atoms with Crippen LogP contribution in [-0.2, 0) is 4.79 Å². The fourth-order valence-electron chi connectivity index (χ4n) is 1.75. The number of benzene rings is 1. The van der Waals surface area contributed by atoms with E-state index in [-0.39, 0.29) is 11.4 Å². The van der Waals surface area contributed by atoms with Crippen molar-refractivity contribution in [2.75, 3.05) is 13.2 Å². The second kappa shape index (κ2) is 7.72. The molecule has 21 heavy (non-hydrogen) atoms. The summed E-state index contributed by atoms with van der Waals surface area (Å²) in [5.74, 6) is 1.29. The minimum atomic E-state index is -0.239. The van der Waals surface area contributed by atoms with Gasteiger partial charge in [0.2, 0.25) is 5.91 Å². The molecule has 4 heteroatoms. The average Bonchev–Trinajstić information content (AvgIpc) is 2.37. The molecule has 1 amide bonds. The van der Waals surface area contributed by atoms with E-state index in [2.05, 4.69) is 5.32 Å². The summed E-state index contributed by atoms with van der Waals surface area (Å²) in [5, 5.41) is 2.88. The number of hydrogen-bond acceptors (Lipinski definition) is 3. The molecule has 0 radical (unpaired) electrons. The molecule has 0 bridgehead atoms. The third-order valence-corrected chi connectivity index (χ3v) is 2.49. The number of rotatable bonds is 6. The molecule has 0 atom stereocenters. The number of carbonyl (C=O) groups is 1. The third-order valence-electron chi connectivity index (χ3n) is 2.49. The van der Waals surface area contributed by atoms with Crippen LogP contribution in [0.5, 0.6) is 11.5 Å². The SMILES string of the molecule is CCOc1ccc(/C=C/C(=O)NC(C)(C)C)cc1OCC. The van der Waals surface area contributed by atoms with E-state index in [1.165, 1.54) is 6.08 Å². The molecule has 116 valence electrons. The first kappa shape index (κ1) is 17.1. The van der Waals surface area contributed by atoms with Crippen LogP contribution >= 0.6 is 0 Å². The molecule has 1 aromatic carbocycles. The zero-order valence-electron chi connectivity index (χ0n) is 13.5. The molecule has 0 aromatic heterocycles. The third kappa shape index (κ3) is 6.34. The van der Waals surface area contributed by atoms with Crippen LogP contribution < -0.4 is 14.8 Å². The minimum absolute atomic E-state index is 0.116. The van der Waals surface area contributed by atoms with Gasteiger partial charge in [-0.1, -0.05) is 6.07 Å². The van der Waals surface area contributed by atoms with Crippen LogP contribution in [0.3, 0.4) is 0 Å². The summed E-state index contributed by atoms with van der Waals surface area (Å²) in [6.07, 6.45) is 3.29. The lowest BCUT2D eigenvalue weighted by Gasteiger charge is -2.19. The molecule has 0 aliphatic heterocycles. The van der Waals surface area contributed by atoms with Crippen molar-refractivity contribution in [3.8, 4) is 11.5 Å². The van der Waals surface area contributed by atoms with Crippen LogP contribution in [0.4, 0.5) is 0 Å². The maximum atomic E-state index is 11.8. The Morgan fingerprint density at radius 3 is 2.33 bits per heavy atom. The van der Waals surface area contributed by atoms with Gasteiger partial charge in [-0.2, -0.15) is 0 Å². The fourth-order valence-corrected chi connectivity index (χ4v) is 1.75. The Balaban J connectivity index is 2.84. The highest BCUT2D eigenvalue weighted by atomic mass is 16.5. The van der Waals surface area contributed by atoms with Crippen LogP contribution in [0, 0.1) is 0 Å². The van der Waals surface area contributed by atoms with Crippen LogP contribution in [0.25, 0.3) is 6.08 Å². The Hall–Kier alpha value is -1.97. The van der Waals surface area contributed by atoms with Crippen molar-refractivity contribution in [2.45, 2.75) is 40.2 Å². The first-order valence-electron chi connectivity index (χ1n) is 7.25. The zero-order valence-corrected chi connectivity index (χ0v) is 13.5. The maximum Gasteiger partial charge on any atom is 0.244 e. The smallest absolute Gasteiger partial charge is 0.244 e. The molecule has 1 N–H and O–H groups in total. The highest BCUT2D eigenvalue weighted by molar-refractivity contribution is 5.92. The number of hydrogen-bond donors (Lipinski definition) is 1. The quantitative estimate of drug-likeness (QED) is 0.817. The van der Waals surface area contributed by atoms with Crippen molar-refractivity contribution < 1.29 is 14.3 Å². The van der Waals surface area contributed by atoms with Crippen LogP contribution in [0.1, 0.15) is 40.2 Å². The van der Waals surface area contributed by atoms with E-state index in [0.717, 1.165) is 11.3 Å². The number of carbonyl (C=O) groups excluding carboxylic acids is 1. The van der Waals surface area contributed by atoms with Crippen LogP contribution in [0.2, 0.25) is 0 Å². The normalized spacial score (nSPS) is 11.5. The topological polar surface area (TPSA) is 47.6 Å². The van der Waals surface area contributed by atoms with Gasteiger partial charge in [-0.25, -0.2) is 0 Å². The second-order valence-corrected chi connectivity index (χ2v) is 5.64. The van der Waals surface area contributed by atoms with E-state index in [4.69, 9.17) is 9.47 Å². The number of amides is 1. The molecule has 0 aliphatic rings. The van der Waals surface area contributed by atoms with Gasteiger partial charge in [-0.15, -0.1) is 0 Å². The van der Waals surface area contributed by atoms with Gasteiger partial charge in [0.15, 0.2) is 11.5 Å². The van der Waals surface area contributed by atoms with Gasteiger partial charge < -0.3 is 14.8 Å². The van der Waals surface area contributed by atoms with Crippen molar-refractivity contribution in [1.82, 2.24) is 5.32 Å². The van der Waals surface area contributed by atoms with E-state index in [1.807, 2.05) is 52.8 Å². The predicted molar refractivity (Wildman–Crippen MR) is 85.7 cm³/mol. The average molecular weight is 291 g/mol. The Labute approximate surface area is 127 Å². The highest BCUT2D eigenvalue weighted by Crippen LogP contribution is 2.28. The molecule has 0 saturated heterocycles. The monoisotopic (exact) mass is 291 g/mol. The molecule has 1 aromatic rings. The van der Waals surface area contributed by atoms with E-state index in [1.54, 1.807) is 6.08 Å². The molecule has 0 aliphatic carbocycles. The van der Waals surface area contributed by atoms with Gasteiger partial charge in [0.1, 0.15) is 0 Å². The summed E-state index contributed by atoms with van der Waals surface area (Å²) in [4.78, 5) is 11.8. The first-order valence-corrected chi connectivity index (χ1v) is 7.25. The molecule has 0 spiro atoms. The maximum absolute atomic E-state index is 11.8. The summed E-state index contributed by atoms with van der Waals surface area (Å²) in [7, 11) is 0. The van der Waals surface area contributed by atoms with E-state index >= 15 is 0 Å². The predicted octanol–water partition coefficient (Wildman–Crippen LogP) is 3.41. The van der Waals surface area contributed by atoms with E-state index in [9.17, 15) is 4.79 Å². The van der Waals surface area contributed by atoms with Crippen molar-refractivity contribution >= 4 is 12.0 Å². The number of nitrogens with one attached hydrogen (secondary N) is 1. The Morgan fingerprint density at radius 1 is 1.14 bits per heavy atom. The van der Waals surface area contributed by atoms with Crippen molar-refractivity contribution in [2.24, 2.45) is 0 Å². The standard InChI is InChI=1S/C17H25NO3/c1-6-20-14-10-8-13(12-15(14)21-7-2)9-11-16(19)18-17(3,4)5/h8-12H,6-7H2,1-5H3,(H,18,19)/b11-9+. The summed E-state index contributed by atoms with van der Waals surface area (Å²) in [5.41, 5.74) is 0.655. The number of ether oxygens (including phenoxy) is 2. The van der Waals surface area contributed by atoms with Crippen molar-refractivity contribution in [3.63, 3.8) is 0 Å². The van der Waals surface area contributed by atoms with Gasteiger partial charge in [0.25, 0.3) is 0 Å². The van der Waals surface area contributed by atoms with Gasteiger partial charge in [0, 0.05) is 11.6 Å². The molecule has 4 nitrogen and oxygen atoms in total. The zero-order chi connectivity index (χ0) is 15.9. The largest absolute Gasteiger partial charge is 0.490 e. The van der Waals surface area contributed by atoms with Crippen molar-refractivity contribution in [3.05, 3.63) is 29.8 Å². The Morgan fingerprint density at radius 2 is 1.76 bits per heavy atom. The molecular weight excluding hydrogens is 266 g/mol. The summed E-state index contributed by atoms with van der Waals surface area (Å²) >= 11 is 0. The molecule has 0 saturated carbocycles. The molecule has 0 fully saturated rings. The Kier molecular flexibility index (Phi) is 6.28. The van der Waals surface area contributed by atoms with Gasteiger partial charge in [-0.3, -0.25) is 4.79 Å². The lowest BCUT2D eigenvalue weighted by Crippen LogP contribution is -2.39. The summed E-state index contributed by atoms with van der Waals surface area (Å²) in [6, 6.07) is 5.62. The molecule has 0 heterocycles. The van der Waals surface area contributed by atoms with E-state index < -0.39 is 0 Å². The van der Waals surface area contributed by atoms with Gasteiger partial charge >= 0.3 is 0 Å². The van der Waals surface area contributed by atoms with Gasteiger partial charge in [0.05, 0.1) is 13.2 Å². The van der Waals surface area contributed by atoms with Gasteiger partial charge in [-0.05, 0) is 58.4 Å². The molecule has 0 unspecified atom stereocenters. The highest BCUT2D eigenvalue weighted by Gasteiger charge is 2.11. The second-order valence-electron chi connectivity index (χ2n) is 5.64. The fraction of sp³-hybridized carbons (Fsp3) is 0.471. The van der Waals surface area contributed by atoms with Crippen LogP contribution in [-0.4, -0.2) is 24.7 Å². The van der Waals surface area contributed by atoms with E-state index in [0.29, 0.717) is 19.0 Å². The Bertz CT molecular complexity index is 501.